The van der Waals surface area contributed by atoms with Crippen LogP contribution in [0.3, 0.4) is 0 Å². The van der Waals surface area contributed by atoms with Gasteiger partial charge in [-0.1, -0.05) is 37.8 Å². The number of hydrogen-bond acceptors (Lipinski definition) is 0. The van der Waals surface area contributed by atoms with E-state index < -0.39 is 0 Å². The van der Waals surface area contributed by atoms with E-state index in [1.807, 2.05) is 0 Å². The van der Waals surface area contributed by atoms with Crippen LogP contribution in [-0.4, -0.2) is 0 Å². The predicted molar refractivity (Wildman–Crippen MR) is 66.9 cm³/mol. The van der Waals surface area contributed by atoms with Crippen molar-refractivity contribution in [2.45, 2.75) is 40.5 Å². The Hall–Kier alpha value is -1.22. The summed E-state index contributed by atoms with van der Waals surface area (Å²) >= 11 is 0. The van der Waals surface area contributed by atoms with Gasteiger partial charge in [0.1, 0.15) is 0 Å². The van der Waals surface area contributed by atoms with Crippen LogP contribution in [0.2, 0.25) is 0 Å². The summed E-state index contributed by atoms with van der Waals surface area (Å²) in [6.45, 7) is 10.8. The molecule has 0 N–H and O–H groups in total. The van der Waals surface area contributed by atoms with Gasteiger partial charge in [-0.3, -0.25) is 0 Å². The molecule has 0 amide bonds. The van der Waals surface area contributed by atoms with Crippen molar-refractivity contribution in [1.29, 1.82) is 0 Å². The molecule has 1 aromatic rings. The zero-order valence-corrected chi connectivity index (χ0v) is 10.4. The van der Waals surface area contributed by atoms with E-state index in [0.717, 1.165) is 5.56 Å². The molecular formula is C15H20. The molecule has 0 aliphatic heterocycles. The molecular weight excluding hydrogens is 180 g/mol. The summed E-state index contributed by atoms with van der Waals surface area (Å²) in [6.07, 6.45) is 0. The monoisotopic (exact) mass is 200 g/mol. The van der Waals surface area contributed by atoms with Crippen molar-refractivity contribution in [3.63, 3.8) is 0 Å². The SMILES string of the molecule is CC(C)c1ccc(C#CC(C)(C)C)cc1. The van der Waals surface area contributed by atoms with Crippen LogP contribution in [0.4, 0.5) is 0 Å². The summed E-state index contributed by atoms with van der Waals surface area (Å²) in [4.78, 5) is 0. The highest BCUT2D eigenvalue weighted by Gasteiger charge is 2.03. The summed E-state index contributed by atoms with van der Waals surface area (Å²) < 4.78 is 0. The van der Waals surface area contributed by atoms with Crippen LogP contribution >= 0.6 is 0 Å². The largest absolute Gasteiger partial charge is 0.0920 e. The van der Waals surface area contributed by atoms with E-state index in [2.05, 4.69) is 70.7 Å². The molecule has 1 rings (SSSR count). The normalized spacial score (nSPS) is 11.1. The number of hydrogen-bond donors (Lipinski definition) is 0. The molecule has 0 radical (unpaired) electrons. The third kappa shape index (κ3) is 4.21. The maximum atomic E-state index is 3.24. The van der Waals surface area contributed by atoms with Crippen LogP contribution in [0.15, 0.2) is 24.3 Å². The lowest BCUT2D eigenvalue weighted by Gasteiger charge is -2.07. The van der Waals surface area contributed by atoms with E-state index in [9.17, 15) is 0 Å². The molecule has 0 unspecified atom stereocenters. The van der Waals surface area contributed by atoms with E-state index in [1.54, 1.807) is 0 Å². The van der Waals surface area contributed by atoms with Gasteiger partial charge in [-0.05, 0) is 44.4 Å². The molecule has 0 nitrogen and oxygen atoms in total. The third-order valence-electron chi connectivity index (χ3n) is 2.16. The lowest BCUT2D eigenvalue weighted by molar-refractivity contribution is 0.571. The Morgan fingerprint density at radius 3 is 1.93 bits per heavy atom. The highest BCUT2D eigenvalue weighted by Crippen LogP contribution is 2.15. The zero-order valence-electron chi connectivity index (χ0n) is 10.4. The van der Waals surface area contributed by atoms with E-state index in [0.29, 0.717) is 5.92 Å². The van der Waals surface area contributed by atoms with Crippen molar-refractivity contribution in [2.24, 2.45) is 5.41 Å². The Kier molecular flexibility index (Phi) is 3.58. The van der Waals surface area contributed by atoms with Gasteiger partial charge in [0.15, 0.2) is 0 Å². The van der Waals surface area contributed by atoms with E-state index in [1.165, 1.54) is 5.56 Å². The molecule has 0 aromatic heterocycles. The molecule has 0 bridgehead atoms. The minimum atomic E-state index is 0.0801. The average Bonchev–Trinajstić information content (AvgIpc) is 2.14. The molecule has 0 atom stereocenters. The first kappa shape index (κ1) is 11.9. The Balaban J connectivity index is 2.85. The summed E-state index contributed by atoms with van der Waals surface area (Å²) in [5.74, 6) is 7.03. The van der Waals surface area contributed by atoms with Crippen molar-refractivity contribution < 1.29 is 0 Å². The van der Waals surface area contributed by atoms with Crippen molar-refractivity contribution in [1.82, 2.24) is 0 Å². The first-order valence-corrected chi connectivity index (χ1v) is 5.51. The van der Waals surface area contributed by atoms with Gasteiger partial charge in [-0.15, -0.1) is 0 Å². The standard InChI is InChI=1S/C15H20/c1-12(2)14-8-6-13(7-9-14)10-11-15(3,4)5/h6-9,12H,1-5H3. The smallest absolute Gasteiger partial charge is 0.0245 e. The molecule has 0 spiro atoms. The van der Waals surface area contributed by atoms with Crippen LogP contribution in [0.25, 0.3) is 0 Å². The fraction of sp³-hybridized carbons (Fsp3) is 0.467. The van der Waals surface area contributed by atoms with Gasteiger partial charge in [0.2, 0.25) is 0 Å². The lowest BCUT2D eigenvalue weighted by atomic mass is 9.97. The van der Waals surface area contributed by atoms with Crippen molar-refractivity contribution in [2.75, 3.05) is 0 Å². The Morgan fingerprint density at radius 2 is 1.53 bits per heavy atom. The Morgan fingerprint density at radius 1 is 1.00 bits per heavy atom. The first-order valence-electron chi connectivity index (χ1n) is 5.51. The minimum absolute atomic E-state index is 0.0801. The van der Waals surface area contributed by atoms with Gasteiger partial charge in [0, 0.05) is 11.0 Å². The van der Waals surface area contributed by atoms with Crippen LogP contribution in [0.1, 0.15) is 51.7 Å². The molecule has 15 heavy (non-hydrogen) atoms. The maximum absolute atomic E-state index is 3.24. The summed E-state index contributed by atoms with van der Waals surface area (Å²) in [6, 6.07) is 8.54. The second-order valence-corrected chi connectivity index (χ2v) is 5.28. The second-order valence-electron chi connectivity index (χ2n) is 5.28. The predicted octanol–water partition coefficient (Wildman–Crippen LogP) is 4.21. The fourth-order valence-electron chi connectivity index (χ4n) is 1.21. The van der Waals surface area contributed by atoms with Crippen LogP contribution < -0.4 is 0 Å². The summed E-state index contributed by atoms with van der Waals surface area (Å²) in [5.41, 5.74) is 2.56. The maximum Gasteiger partial charge on any atom is 0.0245 e. The first-order chi connectivity index (χ1) is 6.88. The molecule has 0 heteroatoms. The summed E-state index contributed by atoms with van der Waals surface area (Å²) in [7, 11) is 0. The molecule has 0 aliphatic rings. The minimum Gasteiger partial charge on any atom is -0.0920 e. The highest BCUT2D eigenvalue weighted by molar-refractivity contribution is 5.37. The van der Waals surface area contributed by atoms with Gasteiger partial charge in [-0.2, -0.15) is 0 Å². The van der Waals surface area contributed by atoms with Crippen LogP contribution in [0.5, 0.6) is 0 Å². The van der Waals surface area contributed by atoms with Crippen LogP contribution in [0, 0.1) is 17.3 Å². The molecule has 0 saturated heterocycles. The molecule has 0 heterocycles. The topological polar surface area (TPSA) is 0 Å². The van der Waals surface area contributed by atoms with Gasteiger partial charge in [0.25, 0.3) is 0 Å². The van der Waals surface area contributed by atoms with E-state index in [-0.39, 0.29) is 5.41 Å². The third-order valence-corrected chi connectivity index (χ3v) is 2.16. The second kappa shape index (κ2) is 4.53. The molecule has 80 valence electrons. The van der Waals surface area contributed by atoms with Gasteiger partial charge in [0.05, 0.1) is 0 Å². The van der Waals surface area contributed by atoms with E-state index in [4.69, 9.17) is 0 Å². The summed E-state index contributed by atoms with van der Waals surface area (Å²) in [5, 5.41) is 0. The molecule has 1 aromatic carbocycles. The fourth-order valence-corrected chi connectivity index (χ4v) is 1.21. The molecule has 0 aliphatic carbocycles. The van der Waals surface area contributed by atoms with Crippen LogP contribution in [-0.2, 0) is 0 Å². The lowest BCUT2D eigenvalue weighted by Crippen LogP contribution is -1.99. The van der Waals surface area contributed by atoms with E-state index >= 15 is 0 Å². The Bertz CT molecular complexity index is 363. The van der Waals surface area contributed by atoms with Gasteiger partial charge in [-0.25, -0.2) is 0 Å². The average molecular weight is 200 g/mol. The van der Waals surface area contributed by atoms with Crippen molar-refractivity contribution in [3.05, 3.63) is 35.4 Å². The zero-order chi connectivity index (χ0) is 11.5. The molecule has 0 fully saturated rings. The highest BCUT2D eigenvalue weighted by atomic mass is 14.1. The Labute approximate surface area is 93.7 Å². The quantitative estimate of drug-likeness (QED) is 0.596. The van der Waals surface area contributed by atoms with Gasteiger partial charge >= 0.3 is 0 Å². The van der Waals surface area contributed by atoms with Crippen molar-refractivity contribution >= 4 is 0 Å². The number of benzene rings is 1. The molecule has 0 saturated carbocycles. The number of rotatable bonds is 1. The van der Waals surface area contributed by atoms with Crippen molar-refractivity contribution in [3.8, 4) is 11.8 Å². The van der Waals surface area contributed by atoms with Gasteiger partial charge < -0.3 is 0 Å².